The summed E-state index contributed by atoms with van der Waals surface area (Å²) in [5, 5.41) is 3.27. The third kappa shape index (κ3) is 2.76. The molecule has 1 atom stereocenters. The van der Waals surface area contributed by atoms with Gasteiger partial charge in [-0.15, -0.1) is 0 Å². The molecule has 7 heteroatoms. The van der Waals surface area contributed by atoms with Crippen LogP contribution >= 0.6 is 0 Å². The zero-order chi connectivity index (χ0) is 16.0. The lowest BCUT2D eigenvalue weighted by Crippen LogP contribution is -2.51. The van der Waals surface area contributed by atoms with Crippen LogP contribution in [-0.2, 0) is 16.3 Å². The van der Waals surface area contributed by atoms with Gasteiger partial charge in [0.25, 0.3) is 9.84 Å². The molecule has 1 heterocycles. The molecule has 1 saturated carbocycles. The van der Waals surface area contributed by atoms with E-state index in [0.29, 0.717) is 23.3 Å². The Hall–Kier alpha value is -1.08. The lowest BCUT2D eigenvalue weighted by Gasteiger charge is -2.39. The minimum absolute atomic E-state index is 0.375. The Labute approximate surface area is 127 Å². The predicted molar refractivity (Wildman–Crippen MR) is 76.0 cm³/mol. The molecule has 122 valence electrons. The van der Waals surface area contributed by atoms with Crippen LogP contribution in [0.1, 0.15) is 24.8 Å². The van der Waals surface area contributed by atoms with Crippen LogP contribution in [0.5, 0.6) is 0 Å². The normalized spacial score (nSPS) is 24.4. The molecule has 2 aliphatic rings. The topological polar surface area (TPSA) is 46.2 Å². The summed E-state index contributed by atoms with van der Waals surface area (Å²) < 4.78 is 60.8. The molecule has 1 aromatic rings. The van der Waals surface area contributed by atoms with Crippen molar-refractivity contribution in [3.63, 3.8) is 0 Å². The number of hydrogen-bond donors (Lipinski definition) is 1. The van der Waals surface area contributed by atoms with Crippen LogP contribution in [0, 0.1) is 11.3 Å². The summed E-state index contributed by atoms with van der Waals surface area (Å²) in [6.07, 6.45) is 3.91. The molecular formula is C15H18F3NO2S. The van der Waals surface area contributed by atoms with E-state index in [9.17, 15) is 21.6 Å². The summed E-state index contributed by atoms with van der Waals surface area (Å²) >= 11 is 0. The van der Waals surface area contributed by atoms with Crippen molar-refractivity contribution in [2.45, 2.75) is 36.1 Å². The molecule has 3 rings (SSSR count). The monoisotopic (exact) mass is 333 g/mol. The van der Waals surface area contributed by atoms with E-state index >= 15 is 0 Å². The third-order valence-electron chi connectivity index (χ3n) is 4.84. The van der Waals surface area contributed by atoms with Gasteiger partial charge in [-0.1, -0.05) is 12.1 Å². The van der Waals surface area contributed by atoms with Crippen LogP contribution in [-0.4, -0.2) is 27.0 Å². The minimum Gasteiger partial charge on any atom is -0.316 e. The van der Waals surface area contributed by atoms with Gasteiger partial charge in [0.1, 0.15) is 0 Å². The molecule has 1 saturated heterocycles. The van der Waals surface area contributed by atoms with Crippen LogP contribution in [0.4, 0.5) is 13.2 Å². The number of rotatable bonds is 3. The fourth-order valence-electron chi connectivity index (χ4n) is 3.61. The Morgan fingerprint density at radius 1 is 1.27 bits per heavy atom. The van der Waals surface area contributed by atoms with Gasteiger partial charge in [-0.3, -0.25) is 0 Å². The second kappa shape index (κ2) is 5.23. The second-order valence-electron chi connectivity index (χ2n) is 6.51. The van der Waals surface area contributed by atoms with E-state index in [2.05, 4.69) is 5.32 Å². The van der Waals surface area contributed by atoms with Crippen LogP contribution in [0.15, 0.2) is 29.2 Å². The van der Waals surface area contributed by atoms with Crippen molar-refractivity contribution >= 4 is 9.84 Å². The summed E-state index contributed by atoms with van der Waals surface area (Å²) in [7, 11) is -5.26. The first-order valence-corrected chi connectivity index (χ1v) is 8.81. The number of nitrogens with one attached hydrogen (secondary N) is 1. The fraction of sp³-hybridized carbons (Fsp3) is 0.600. The Kier molecular flexibility index (Phi) is 3.76. The molecule has 1 unspecified atom stereocenters. The van der Waals surface area contributed by atoms with Gasteiger partial charge in [-0.2, -0.15) is 13.2 Å². The SMILES string of the molecule is O=S(=O)(c1cccc(CC2CCC3(CNC3)C2)c1)C(F)(F)F. The average molecular weight is 333 g/mol. The average Bonchev–Trinajstić information content (AvgIpc) is 2.82. The first-order valence-electron chi connectivity index (χ1n) is 7.33. The highest BCUT2D eigenvalue weighted by Gasteiger charge is 2.47. The van der Waals surface area contributed by atoms with Crippen molar-refractivity contribution in [1.82, 2.24) is 5.32 Å². The smallest absolute Gasteiger partial charge is 0.316 e. The quantitative estimate of drug-likeness (QED) is 0.925. The summed E-state index contributed by atoms with van der Waals surface area (Å²) in [5.41, 5.74) is -4.21. The van der Waals surface area contributed by atoms with E-state index in [1.54, 1.807) is 6.07 Å². The Morgan fingerprint density at radius 2 is 2.00 bits per heavy atom. The van der Waals surface area contributed by atoms with Gasteiger partial charge in [0.15, 0.2) is 0 Å². The number of hydrogen-bond acceptors (Lipinski definition) is 3. The van der Waals surface area contributed by atoms with E-state index in [0.717, 1.165) is 38.4 Å². The van der Waals surface area contributed by atoms with E-state index < -0.39 is 20.2 Å². The zero-order valence-electron chi connectivity index (χ0n) is 12.0. The van der Waals surface area contributed by atoms with E-state index in [1.165, 1.54) is 12.1 Å². The highest BCUT2D eigenvalue weighted by molar-refractivity contribution is 7.92. The lowest BCUT2D eigenvalue weighted by atomic mass is 9.79. The summed E-state index contributed by atoms with van der Waals surface area (Å²) in [4.78, 5) is -0.657. The van der Waals surface area contributed by atoms with Crippen LogP contribution in [0.25, 0.3) is 0 Å². The number of halogens is 3. The van der Waals surface area contributed by atoms with Crippen molar-refractivity contribution in [2.75, 3.05) is 13.1 Å². The van der Waals surface area contributed by atoms with E-state index in [-0.39, 0.29) is 0 Å². The van der Waals surface area contributed by atoms with Gasteiger partial charge < -0.3 is 5.32 Å². The first-order chi connectivity index (χ1) is 10.2. The molecule has 2 fully saturated rings. The molecule has 1 N–H and O–H groups in total. The molecule has 1 aliphatic carbocycles. The molecule has 1 aromatic carbocycles. The third-order valence-corrected chi connectivity index (χ3v) is 6.33. The summed E-state index contributed by atoms with van der Waals surface area (Å²) in [5.74, 6) is 0.422. The highest BCUT2D eigenvalue weighted by Crippen LogP contribution is 2.45. The molecule has 0 amide bonds. The molecule has 22 heavy (non-hydrogen) atoms. The van der Waals surface area contributed by atoms with E-state index in [1.807, 2.05) is 0 Å². The van der Waals surface area contributed by atoms with Gasteiger partial charge in [0.05, 0.1) is 4.90 Å². The largest absolute Gasteiger partial charge is 0.501 e. The number of alkyl halides is 3. The minimum atomic E-state index is -5.26. The van der Waals surface area contributed by atoms with Gasteiger partial charge in [0.2, 0.25) is 0 Å². The second-order valence-corrected chi connectivity index (χ2v) is 8.45. The van der Waals surface area contributed by atoms with Gasteiger partial charge in [-0.05, 0) is 54.7 Å². The van der Waals surface area contributed by atoms with Crippen LogP contribution in [0.2, 0.25) is 0 Å². The van der Waals surface area contributed by atoms with Gasteiger partial charge in [0, 0.05) is 13.1 Å². The maximum absolute atomic E-state index is 12.6. The summed E-state index contributed by atoms with van der Waals surface area (Å²) in [6, 6.07) is 5.29. The van der Waals surface area contributed by atoms with Crippen molar-refractivity contribution in [3.8, 4) is 0 Å². The van der Waals surface area contributed by atoms with Crippen LogP contribution in [0.3, 0.4) is 0 Å². The molecule has 1 spiro atoms. The molecular weight excluding hydrogens is 315 g/mol. The van der Waals surface area contributed by atoms with Gasteiger partial charge in [-0.25, -0.2) is 8.42 Å². The van der Waals surface area contributed by atoms with Crippen molar-refractivity contribution in [3.05, 3.63) is 29.8 Å². The Balaban J connectivity index is 1.75. The number of benzene rings is 1. The van der Waals surface area contributed by atoms with Crippen molar-refractivity contribution in [1.29, 1.82) is 0 Å². The fourth-order valence-corrected chi connectivity index (χ4v) is 4.44. The van der Waals surface area contributed by atoms with E-state index in [4.69, 9.17) is 0 Å². The summed E-state index contributed by atoms with van der Waals surface area (Å²) in [6.45, 7) is 2.04. The Bertz CT molecular complexity index is 666. The molecule has 0 radical (unpaired) electrons. The van der Waals surface area contributed by atoms with Crippen molar-refractivity contribution < 1.29 is 21.6 Å². The highest BCUT2D eigenvalue weighted by atomic mass is 32.2. The zero-order valence-corrected chi connectivity index (χ0v) is 12.8. The van der Waals surface area contributed by atoms with Gasteiger partial charge >= 0.3 is 5.51 Å². The molecule has 1 aliphatic heterocycles. The predicted octanol–water partition coefficient (Wildman–Crippen LogP) is 2.91. The van der Waals surface area contributed by atoms with Crippen LogP contribution < -0.4 is 5.32 Å². The van der Waals surface area contributed by atoms with Crippen molar-refractivity contribution in [2.24, 2.45) is 11.3 Å². The number of sulfone groups is 1. The maximum atomic E-state index is 12.6. The molecule has 3 nitrogen and oxygen atoms in total. The maximum Gasteiger partial charge on any atom is 0.501 e. The molecule has 0 aromatic heterocycles. The lowest BCUT2D eigenvalue weighted by molar-refractivity contribution is -0.0436. The standard InChI is InChI=1S/C15H18F3NO2S/c16-15(17,18)22(20,21)13-3-1-2-11(7-13)6-12-4-5-14(8-12)9-19-10-14/h1-3,7,12,19H,4-6,8-10H2. The first kappa shape index (κ1) is 15.8. The Morgan fingerprint density at radius 3 is 2.55 bits per heavy atom. The molecule has 0 bridgehead atoms.